The Kier molecular flexibility index (Phi) is 9.04. The molecule has 0 amide bonds. The van der Waals surface area contributed by atoms with Crippen molar-refractivity contribution in [1.82, 2.24) is 0 Å². The van der Waals surface area contributed by atoms with Crippen molar-refractivity contribution in [3.63, 3.8) is 0 Å². The summed E-state index contributed by atoms with van der Waals surface area (Å²) in [7, 11) is 0. The maximum atomic E-state index is 9.81. The second-order valence-electron chi connectivity index (χ2n) is 4.13. The van der Waals surface area contributed by atoms with Crippen LogP contribution >= 0.6 is 0 Å². The molecule has 1 unspecified atom stereocenters. The van der Waals surface area contributed by atoms with Gasteiger partial charge >= 0.3 is 0 Å². The fourth-order valence-corrected chi connectivity index (χ4v) is 1.71. The van der Waals surface area contributed by atoms with E-state index in [0.29, 0.717) is 26.1 Å². The van der Waals surface area contributed by atoms with Crippen LogP contribution in [-0.4, -0.2) is 30.2 Å². The van der Waals surface area contributed by atoms with Gasteiger partial charge in [0, 0.05) is 12.8 Å². The lowest BCUT2D eigenvalue weighted by Gasteiger charge is -2.34. The molecule has 0 aliphatic rings. The van der Waals surface area contributed by atoms with E-state index in [9.17, 15) is 5.11 Å². The molecule has 1 N–H and O–H groups in total. The fraction of sp³-hybridized carbons (Fsp3) is 0.714. The number of ether oxygens (including phenoxy) is 2. The molecular weight excluding hydrogens is 216 g/mol. The third-order valence-corrected chi connectivity index (χ3v) is 2.58. The second-order valence-corrected chi connectivity index (χ2v) is 4.13. The molecule has 0 radical (unpaired) electrons. The molecule has 0 aromatic rings. The molecule has 0 aliphatic carbocycles. The van der Waals surface area contributed by atoms with Gasteiger partial charge in [-0.15, -0.1) is 13.2 Å². The smallest absolute Gasteiger partial charge is 0.171 e. The minimum atomic E-state index is -0.716. The molecule has 1 atom stereocenters. The van der Waals surface area contributed by atoms with Crippen molar-refractivity contribution in [2.24, 2.45) is 0 Å². The highest BCUT2D eigenvalue weighted by atomic mass is 16.7. The zero-order chi connectivity index (χ0) is 13.1. The molecule has 3 heteroatoms. The van der Waals surface area contributed by atoms with Crippen LogP contribution < -0.4 is 0 Å². The van der Waals surface area contributed by atoms with Gasteiger partial charge in [0.15, 0.2) is 5.79 Å². The van der Waals surface area contributed by atoms with Gasteiger partial charge in [0.25, 0.3) is 0 Å². The molecule has 0 aromatic heterocycles. The Morgan fingerprint density at radius 1 is 1.18 bits per heavy atom. The minimum absolute atomic E-state index is 0.406. The Balaban J connectivity index is 4.65. The maximum absolute atomic E-state index is 9.81. The molecular formula is C14H26O3. The zero-order valence-electron chi connectivity index (χ0n) is 11.2. The SMILES string of the molecule is C=CCOC(CCC)(CC(O)CC)OCC=C. The first-order valence-corrected chi connectivity index (χ1v) is 6.31. The van der Waals surface area contributed by atoms with Gasteiger partial charge in [-0.2, -0.15) is 0 Å². The molecule has 0 fully saturated rings. The van der Waals surface area contributed by atoms with Crippen molar-refractivity contribution in [2.75, 3.05) is 13.2 Å². The summed E-state index contributed by atoms with van der Waals surface area (Å²) >= 11 is 0. The minimum Gasteiger partial charge on any atom is -0.393 e. The van der Waals surface area contributed by atoms with Crippen LogP contribution in [0.25, 0.3) is 0 Å². The van der Waals surface area contributed by atoms with E-state index >= 15 is 0 Å². The Morgan fingerprint density at radius 2 is 1.71 bits per heavy atom. The number of aliphatic hydroxyl groups excluding tert-OH is 1. The highest BCUT2D eigenvalue weighted by Crippen LogP contribution is 2.27. The third kappa shape index (κ3) is 6.61. The zero-order valence-corrected chi connectivity index (χ0v) is 11.2. The number of rotatable bonds is 11. The molecule has 0 rings (SSSR count). The highest BCUT2D eigenvalue weighted by molar-refractivity contribution is 4.79. The average Bonchev–Trinajstić information content (AvgIpc) is 2.34. The van der Waals surface area contributed by atoms with Crippen molar-refractivity contribution in [3.8, 4) is 0 Å². The topological polar surface area (TPSA) is 38.7 Å². The second kappa shape index (κ2) is 9.40. The third-order valence-electron chi connectivity index (χ3n) is 2.58. The summed E-state index contributed by atoms with van der Waals surface area (Å²) < 4.78 is 11.5. The summed E-state index contributed by atoms with van der Waals surface area (Å²) in [5.74, 6) is -0.716. The van der Waals surface area contributed by atoms with Crippen LogP contribution in [0.1, 0.15) is 39.5 Å². The molecule has 0 saturated carbocycles. The molecule has 0 aliphatic heterocycles. The van der Waals surface area contributed by atoms with Crippen molar-refractivity contribution in [3.05, 3.63) is 25.3 Å². The lowest BCUT2D eigenvalue weighted by molar-refractivity contribution is -0.244. The highest BCUT2D eigenvalue weighted by Gasteiger charge is 2.32. The molecule has 0 bridgehead atoms. The van der Waals surface area contributed by atoms with Gasteiger partial charge in [-0.05, 0) is 6.42 Å². The van der Waals surface area contributed by atoms with Crippen molar-refractivity contribution < 1.29 is 14.6 Å². The predicted octanol–water partition coefficient (Wildman–Crippen LogP) is 3.05. The first-order valence-electron chi connectivity index (χ1n) is 6.31. The van der Waals surface area contributed by atoms with E-state index in [1.165, 1.54) is 0 Å². The Morgan fingerprint density at radius 3 is 2.06 bits per heavy atom. The maximum Gasteiger partial charge on any atom is 0.171 e. The van der Waals surface area contributed by atoms with Crippen LogP contribution in [0.5, 0.6) is 0 Å². The predicted molar refractivity (Wildman–Crippen MR) is 70.9 cm³/mol. The summed E-state index contributed by atoms with van der Waals surface area (Å²) in [6, 6.07) is 0. The van der Waals surface area contributed by atoms with Gasteiger partial charge in [0.1, 0.15) is 0 Å². The summed E-state index contributed by atoms with van der Waals surface area (Å²) in [6.07, 6.45) is 5.85. The van der Waals surface area contributed by atoms with E-state index in [1.807, 2.05) is 6.92 Å². The normalized spacial score (nSPS) is 13.4. The number of hydrogen-bond acceptors (Lipinski definition) is 3. The summed E-state index contributed by atoms with van der Waals surface area (Å²) in [6.45, 7) is 12.1. The lowest BCUT2D eigenvalue weighted by atomic mass is 10.0. The summed E-state index contributed by atoms with van der Waals surface area (Å²) in [5.41, 5.74) is 0. The average molecular weight is 242 g/mol. The fourth-order valence-electron chi connectivity index (χ4n) is 1.71. The van der Waals surface area contributed by atoms with Gasteiger partial charge in [-0.1, -0.05) is 32.4 Å². The number of hydrogen-bond donors (Lipinski definition) is 1. The lowest BCUT2D eigenvalue weighted by Crippen LogP contribution is -2.39. The van der Waals surface area contributed by atoms with Crippen LogP contribution in [0.2, 0.25) is 0 Å². The van der Waals surface area contributed by atoms with Gasteiger partial charge in [0.05, 0.1) is 19.3 Å². The van der Waals surface area contributed by atoms with Crippen LogP contribution in [0.15, 0.2) is 25.3 Å². The van der Waals surface area contributed by atoms with E-state index < -0.39 is 11.9 Å². The van der Waals surface area contributed by atoms with Crippen molar-refractivity contribution in [2.45, 2.75) is 51.4 Å². The quantitative estimate of drug-likeness (QED) is 0.447. The van der Waals surface area contributed by atoms with E-state index in [1.54, 1.807) is 12.2 Å². The monoisotopic (exact) mass is 242 g/mol. The van der Waals surface area contributed by atoms with Crippen LogP contribution in [0.4, 0.5) is 0 Å². The summed E-state index contributed by atoms with van der Waals surface area (Å²) in [4.78, 5) is 0. The van der Waals surface area contributed by atoms with Gasteiger partial charge in [-0.25, -0.2) is 0 Å². The van der Waals surface area contributed by atoms with Crippen LogP contribution in [0, 0.1) is 0 Å². The Labute approximate surface area is 105 Å². The van der Waals surface area contributed by atoms with Crippen molar-refractivity contribution in [1.29, 1.82) is 0 Å². The molecule has 3 nitrogen and oxygen atoms in total. The van der Waals surface area contributed by atoms with Crippen LogP contribution in [-0.2, 0) is 9.47 Å². The largest absolute Gasteiger partial charge is 0.393 e. The van der Waals surface area contributed by atoms with Crippen LogP contribution in [0.3, 0.4) is 0 Å². The van der Waals surface area contributed by atoms with Crippen molar-refractivity contribution >= 4 is 0 Å². The molecule has 17 heavy (non-hydrogen) atoms. The molecule has 0 spiro atoms. The van der Waals surface area contributed by atoms with E-state index in [0.717, 1.165) is 12.8 Å². The standard InChI is InChI=1S/C14H26O3/c1-5-9-14(16-10-6-2,17-11-7-3)12-13(15)8-4/h6-7,13,15H,2-3,5,8-12H2,1,4H3. The van der Waals surface area contributed by atoms with Gasteiger partial charge < -0.3 is 14.6 Å². The molecule has 0 aromatic carbocycles. The molecule has 100 valence electrons. The molecule has 0 saturated heterocycles. The van der Waals surface area contributed by atoms with Gasteiger partial charge in [-0.3, -0.25) is 0 Å². The van der Waals surface area contributed by atoms with E-state index in [-0.39, 0.29) is 0 Å². The summed E-state index contributed by atoms with van der Waals surface area (Å²) in [5, 5.41) is 9.81. The van der Waals surface area contributed by atoms with E-state index in [4.69, 9.17) is 9.47 Å². The molecule has 0 heterocycles. The first-order chi connectivity index (χ1) is 8.14. The van der Waals surface area contributed by atoms with E-state index in [2.05, 4.69) is 20.1 Å². The first kappa shape index (κ1) is 16.4. The Bertz CT molecular complexity index is 202. The number of aliphatic hydroxyl groups is 1. The Hall–Kier alpha value is -0.640. The van der Waals surface area contributed by atoms with Gasteiger partial charge in [0.2, 0.25) is 0 Å².